The number of benzene rings is 3. The van der Waals surface area contributed by atoms with Crippen molar-refractivity contribution in [1.82, 2.24) is 32.3 Å². The van der Waals surface area contributed by atoms with Gasteiger partial charge in [0.1, 0.15) is 0 Å². The zero-order valence-electron chi connectivity index (χ0n) is 17.7. The molecule has 0 spiro atoms. The monoisotopic (exact) mass is 404 g/mol. The average Bonchev–Trinajstić information content (AvgIpc) is 2.80. The molecule has 3 rings (SSSR count). The second-order valence-corrected chi connectivity index (χ2v) is 6.39. The molecule has 6 N–H and O–H groups in total. The van der Waals surface area contributed by atoms with Crippen LogP contribution in [0.1, 0.15) is 0 Å². The summed E-state index contributed by atoms with van der Waals surface area (Å²) in [5, 5.41) is 12.7. The molecular formula is C22H28N8. The molecule has 3 aromatic carbocycles. The summed E-state index contributed by atoms with van der Waals surface area (Å²) in [5.74, 6) is 1.30. The zero-order chi connectivity index (χ0) is 21.3. The summed E-state index contributed by atoms with van der Waals surface area (Å²) >= 11 is 0. The van der Waals surface area contributed by atoms with Crippen LogP contribution in [0.5, 0.6) is 0 Å². The van der Waals surface area contributed by atoms with Gasteiger partial charge in [0.15, 0.2) is 0 Å². The SMILES string of the molecule is CN=C(NC)NNC=c1c2ccccc2c(=CNNC(=NC)NC)c2ccccc12. The second-order valence-electron chi connectivity index (χ2n) is 6.39. The van der Waals surface area contributed by atoms with Crippen molar-refractivity contribution in [2.45, 2.75) is 0 Å². The van der Waals surface area contributed by atoms with E-state index in [9.17, 15) is 0 Å². The van der Waals surface area contributed by atoms with Gasteiger partial charge >= 0.3 is 0 Å². The van der Waals surface area contributed by atoms with Crippen molar-refractivity contribution >= 4 is 45.9 Å². The van der Waals surface area contributed by atoms with E-state index in [0.717, 1.165) is 32.0 Å². The fourth-order valence-electron chi connectivity index (χ4n) is 3.32. The highest BCUT2D eigenvalue weighted by atomic mass is 15.4. The highest BCUT2D eigenvalue weighted by molar-refractivity contribution is 6.00. The first kappa shape index (κ1) is 20.8. The van der Waals surface area contributed by atoms with Gasteiger partial charge in [-0.15, -0.1) is 0 Å². The summed E-state index contributed by atoms with van der Waals surface area (Å²) in [6, 6.07) is 16.7. The first-order valence-electron chi connectivity index (χ1n) is 9.65. The Labute approximate surface area is 175 Å². The van der Waals surface area contributed by atoms with Crippen LogP contribution in [0.15, 0.2) is 58.5 Å². The Kier molecular flexibility index (Phi) is 6.94. The summed E-state index contributed by atoms with van der Waals surface area (Å²) in [7, 11) is 7.08. The van der Waals surface area contributed by atoms with Crippen molar-refractivity contribution in [2.24, 2.45) is 9.98 Å². The van der Waals surface area contributed by atoms with Crippen LogP contribution >= 0.6 is 0 Å². The number of guanidine groups is 2. The molecule has 0 aliphatic carbocycles. The first-order valence-corrected chi connectivity index (χ1v) is 9.65. The van der Waals surface area contributed by atoms with Crippen LogP contribution in [0, 0.1) is 0 Å². The van der Waals surface area contributed by atoms with Gasteiger partial charge in [0.2, 0.25) is 11.9 Å². The van der Waals surface area contributed by atoms with Crippen LogP contribution in [0.25, 0.3) is 33.9 Å². The molecule has 0 saturated carbocycles. The van der Waals surface area contributed by atoms with Gasteiger partial charge in [-0.05, 0) is 21.5 Å². The van der Waals surface area contributed by atoms with Crippen LogP contribution < -0.4 is 42.8 Å². The van der Waals surface area contributed by atoms with Crippen molar-refractivity contribution in [2.75, 3.05) is 28.2 Å². The van der Waals surface area contributed by atoms with Crippen molar-refractivity contribution in [3.63, 3.8) is 0 Å². The lowest BCUT2D eigenvalue weighted by Gasteiger charge is -2.11. The number of aliphatic imine (C=N–C) groups is 2. The number of hydrogen-bond donors (Lipinski definition) is 6. The van der Waals surface area contributed by atoms with Crippen LogP contribution in [-0.4, -0.2) is 40.1 Å². The van der Waals surface area contributed by atoms with Gasteiger partial charge in [0, 0.05) is 51.0 Å². The normalized spacial score (nSPS) is 11.7. The smallest absolute Gasteiger partial charge is 0.209 e. The Balaban J connectivity index is 2.18. The second kappa shape index (κ2) is 10.0. The molecule has 3 aromatic rings. The Morgan fingerprint density at radius 2 is 0.967 bits per heavy atom. The van der Waals surface area contributed by atoms with Crippen LogP contribution in [-0.2, 0) is 0 Å². The predicted octanol–water partition coefficient (Wildman–Crippen LogP) is 0.0678. The van der Waals surface area contributed by atoms with Gasteiger partial charge in [0.05, 0.1) is 0 Å². The number of rotatable bonds is 4. The van der Waals surface area contributed by atoms with Gasteiger partial charge in [-0.3, -0.25) is 20.8 Å². The summed E-state index contributed by atoms with van der Waals surface area (Å²) in [6.07, 6.45) is 3.93. The largest absolute Gasteiger partial charge is 0.358 e. The molecule has 8 heteroatoms. The molecule has 30 heavy (non-hydrogen) atoms. The van der Waals surface area contributed by atoms with E-state index in [-0.39, 0.29) is 0 Å². The zero-order valence-corrected chi connectivity index (χ0v) is 17.7. The molecule has 0 radical (unpaired) electrons. The molecule has 0 amide bonds. The third-order valence-corrected chi connectivity index (χ3v) is 4.75. The lowest BCUT2D eigenvalue weighted by atomic mass is 9.98. The van der Waals surface area contributed by atoms with E-state index in [1.165, 1.54) is 0 Å². The van der Waals surface area contributed by atoms with Crippen molar-refractivity contribution < 1.29 is 0 Å². The molecule has 0 bridgehead atoms. The maximum atomic E-state index is 4.12. The van der Waals surface area contributed by atoms with Crippen molar-refractivity contribution in [1.29, 1.82) is 0 Å². The molecule has 0 aliphatic heterocycles. The lowest BCUT2D eigenvalue weighted by molar-refractivity contribution is 0.820. The molecule has 0 saturated heterocycles. The summed E-state index contributed by atoms with van der Waals surface area (Å²) < 4.78 is 0. The van der Waals surface area contributed by atoms with Gasteiger partial charge < -0.3 is 21.5 Å². The van der Waals surface area contributed by atoms with Gasteiger partial charge in [0.25, 0.3) is 0 Å². The van der Waals surface area contributed by atoms with E-state index >= 15 is 0 Å². The van der Waals surface area contributed by atoms with Crippen molar-refractivity contribution in [3.8, 4) is 0 Å². The van der Waals surface area contributed by atoms with E-state index in [0.29, 0.717) is 11.9 Å². The number of hydrazine groups is 2. The number of nitrogens with one attached hydrogen (secondary N) is 6. The first-order chi connectivity index (χ1) is 14.7. The number of hydrogen-bond acceptors (Lipinski definition) is 4. The van der Waals surface area contributed by atoms with E-state index < -0.39 is 0 Å². The van der Waals surface area contributed by atoms with Gasteiger partial charge in [-0.25, -0.2) is 0 Å². The van der Waals surface area contributed by atoms with E-state index in [1.807, 2.05) is 50.8 Å². The Morgan fingerprint density at radius 3 is 1.23 bits per heavy atom. The highest BCUT2D eigenvalue weighted by Crippen LogP contribution is 2.13. The van der Waals surface area contributed by atoms with E-state index in [1.54, 1.807) is 14.1 Å². The molecule has 0 aliphatic rings. The summed E-state index contributed by atoms with van der Waals surface area (Å²) in [6.45, 7) is 0. The molecule has 0 heterocycles. The molecule has 156 valence electrons. The van der Waals surface area contributed by atoms with E-state index in [4.69, 9.17) is 0 Å². The molecule has 0 atom stereocenters. The predicted molar refractivity (Wildman–Crippen MR) is 127 cm³/mol. The summed E-state index contributed by atoms with van der Waals surface area (Å²) in [5.41, 5.74) is 12.4. The molecule has 0 aromatic heterocycles. The van der Waals surface area contributed by atoms with Crippen LogP contribution in [0.4, 0.5) is 0 Å². The standard InChI is InChI=1S/C22H28N8/c1-23-21(24-2)29-27-13-19-15-9-5-7-11-17(15)20(14-28-30-22(25-3)26-4)18-12-8-6-10-16(18)19/h5-14,27-28H,1-4H3,(H2,23,24,29)(H2,25,26,30). The Bertz CT molecular complexity index is 1040. The van der Waals surface area contributed by atoms with Crippen LogP contribution in [0.2, 0.25) is 0 Å². The third kappa shape index (κ3) is 4.38. The average molecular weight is 405 g/mol. The molecule has 0 fully saturated rings. The third-order valence-electron chi connectivity index (χ3n) is 4.75. The minimum atomic E-state index is 0.651. The van der Waals surface area contributed by atoms with Gasteiger partial charge in [-0.2, -0.15) is 0 Å². The minimum Gasteiger partial charge on any atom is -0.358 e. The topological polar surface area (TPSA) is 96.9 Å². The summed E-state index contributed by atoms with van der Waals surface area (Å²) in [4.78, 5) is 8.23. The number of nitrogens with zero attached hydrogens (tertiary/aromatic N) is 2. The van der Waals surface area contributed by atoms with Gasteiger partial charge in [-0.1, -0.05) is 48.5 Å². The number of fused-ring (bicyclic) bond motifs is 2. The molecule has 0 unspecified atom stereocenters. The molecular weight excluding hydrogens is 376 g/mol. The quantitative estimate of drug-likeness (QED) is 0.159. The maximum Gasteiger partial charge on any atom is 0.209 e. The highest BCUT2D eigenvalue weighted by Gasteiger charge is 2.05. The Morgan fingerprint density at radius 1 is 0.633 bits per heavy atom. The molecule has 8 nitrogen and oxygen atoms in total. The Hall–Kier alpha value is -3.94. The lowest BCUT2D eigenvalue weighted by Crippen LogP contribution is -2.42. The minimum absolute atomic E-state index is 0.651. The fraction of sp³-hybridized carbons (Fsp3) is 0.182. The van der Waals surface area contributed by atoms with Crippen LogP contribution in [0.3, 0.4) is 0 Å². The van der Waals surface area contributed by atoms with Crippen molar-refractivity contribution in [3.05, 3.63) is 59.0 Å². The maximum absolute atomic E-state index is 4.12. The van der Waals surface area contributed by atoms with E-state index in [2.05, 4.69) is 66.6 Å². The fourth-order valence-corrected chi connectivity index (χ4v) is 3.32.